The minimum atomic E-state index is -3.60. The van der Waals surface area contributed by atoms with Crippen LogP contribution in [0.3, 0.4) is 0 Å². The Morgan fingerprint density at radius 1 is 1.15 bits per heavy atom. The number of carbonyl (C=O) groups excluding carboxylic acids is 1. The highest BCUT2D eigenvalue weighted by Gasteiger charge is 2.25. The summed E-state index contributed by atoms with van der Waals surface area (Å²) in [5.41, 5.74) is 0.400. The molecule has 3 heterocycles. The van der Waals surface area contributed by atoms with Crippen molar-refractivity contribution in [3.63, 3.8) is 0 Å². The van der Waals surface area contributed by atoms with Crippen molar-refractivity contribution in [2.75, 3.05) is 81.5 Å². The maximum absolute atomic E-state index is 12.5. The molecule has 9 nitrogen and oxygen atoms in total. The lowest BCUT2D eigenvalue weighted by Crippen LogP contribution is -2.47. The van der Waals surface area contributed by atoms with Crippen LogP contribution >= 0.6 is 0 Å². The van der Waals surface area contributed by atoms with Crippen molar-refractivity contribution in [3.8, 4) is 0 Å². The summed E-state index contributed by atoms with van der Waals surface area (Å²) in [6, 6.07) is 3.53. The largest absolute Gasteiger partial charge is 0.378 e. The second-order valence-corrected chi connectivity index (χ2v) is 8.83. The van der Waals surface area contributed by atoms with Crippen LogP contribution in [0.5, 0.6) is 0 Å². The van der Waals surface area contributed by atoms with Crippen LogP contribution in [0.25, 0.3) is 0 Å². The average molecular weight is 398 g/mol. The van der Waals surface area contributed by atoms with Gasteiger partial charge in [0.05, 0.1) is 31.4 Å². The zero-order chi connectivity index (χ0) is 19.4. The Bertz CT molecular complexity index is 741. The van der Waals surface area contributed by atoms with Gasteiger partial charge in [-0.3, -0.25) is 9.10 Å². The number of carbonyl (C=O) groups is 1. The fourth-order valence-corrected chi connectivity index (χ4v) is 4.02. The molecule has 2 saturated heterocycles. The minimum Gasteiger partial charge on any atom is -0.378 e. The Balaban J connectivity index is 1.72. The average Bonchev–Trinajstić information content (AvgIpc) is 2.66. The molecule has 1 aromatic heterocycles. The molecule has 0 saturated carbocycles. The van der Waals surface area contributed by atoms with E-state index in [1.165, 1.54) is 6.20 Å². The quantitative estimate of drug-likeness (QED) is 0.659. The highest BCUT2D eigenvalue weighted by Crippen LogP contribution is 2.21. The van der Waals surface area contributed by atoms with E-state index in [1.807, 2.05) is 6.07 Å². The Morgan fingerprint density at radius 3 is 2.37 bits per heavy atom. The summed E-state index contributed by atoms with van der Waals surface area (Å²) in [7, 11) is -1.52. The predicted molar refractivity (Wildman–Crippen MR) is 104 cm³/mol. The molecule has 0 atom stereocenters. The van der Waals surface area contributed by atoms with Crippen molar-refractivity contribution in [1.82, 2.24) is 14.8 Å². The van der Waals surface area contributed by atoms with Crippen LogP contribution in [-0.4, -0.2) is 101 Å². The number of hydrogen-bond acceptors (Lipinski definition) is 7. The number of sulfonamides is 1. The molecule has 0 radical (unpaired) electrons. The van der Waals surface area contributed by atoms with Crippen LogP contribution < -0.4 is 9.21 Å². The van der Waals surface area contributed by atoms with E-state index in [0.29, 0.717) is 32.0 Å². The topological polar surface area (TPSA) is 86.3 Å². The first kappa shape index (κ1) is 19.8. The molecule has 0 bridgehead atoms. The standard InChI is InChI=1S/C17H27N5O4S/c1-19-5-7-20(8-6-19)16-4-3-15(13-18-16)22(27(2,24)25)14-17(23)21-9-11-26-12-10-21/h3-4,13H,5-12,14H2,1-2H3. The van der Waals surface area contributed by atoms with Crippen molar-refractivity contribution < 1.29 is 17.9 Å². The highest BCUT2D eigenvalue weighted by atomic mass is 32.2. The van der Waals surface area contributed by atoms with Gasteiger partial charge in [0.25, 0.3) is 0 Å². The molecule has 2 aliphatic heterocycles. The zero-order valence-corrected chi connectivity index (χ0v) is 16.7. The van der Waals surface area contributed by atoms with Crippen molar-refractivity contribution in [1.29, 1.82) is 0 Å². The number of rotatable bonds is 5. The number of aromatic nitrogens is 1. The number of piperazine rings is 1. The van der Waals surface area contributed by atoms with Gasteiger partial charge in [-0.25, -0.2) is 13.4 Å². The number of anilines is 2. The Labute approximate surface area is 160 Å². The lowest BCUT2D eigenvalue weighted by Gasteiger charge is -2.33. The molecule has 150 valence electrons. The van der Waals surface area contributed by atoms with Gasteiger partial charge in [0.2, 0.25) is 15.9 Å². The third-order valence-corrected chi connectivity index (χ3v) is 6.03. The van der Waals surface area contributed by atoms with Crippen LogP contribution in [0, 0.1) is 0 Å². The van der Waals surface area contributed by atoms with E-state index in [4.69, 9.17) is 4.74 Å². The van der Waals surface area contributed by atoms with E-state index in [0.717, 1.165) is 42.6 Å². The molecule has 0 aromatic carbocycles. The van der Waals surface area contributed by atoms with Gasteiger partial charge in [-0.05, 0) is 19.2 Å². The molecule has 1 amide bonds. The second-order valence-electron chi connectivity index (χ2n) is 6.93. The van der Waals surface area contributed by atoms with E-state index in [9.17, 15) is 13.2 Å². The van der Waals surface area contributed by atoms with E-state index >= 15 is 0 Å². The van der Waals surface area contributed by atoms with Crippen molar-refractivity contribution in [2.24, 2.45) is 0 Å². The fraction of sp³-hybridized carbons (Fsp3) is 0.647. The molecular formula is C17H27N5O4S. The minimum absolute atomic E-state index is 0.228. The SMILES string of the molecule is CN1CCN(c2ccc(N(CC(=O)N3CCOCC3)S(C)(=O)=O)cn2)CC1. The van der Waals surface area contributed by atoms with Gasteiger partial charge < -0.3 is 19.4 Å². The van der Waals surface area contributed by atoms with Crippen LogP contribution in [0.1, 0.15) is 0 Å². The highest BCUT2D eigenvalue weighted by molar-refractivity contribution is 7.92. The number of morpholine rings is 1. The summed E-state index contributed by atoms with van der Waals surface area (Å²) in [5, 5.41) is 0. The molecular weight excluding hydrogens is 370 g/mol. The summed E-state index contributed by atoms with van der Waals surface area (Å²) in [6.07, 6.45) is 2.63. The molecule has 0 aliphatic carbocycles. The van der Waals surface area contributed by atoms with Gasteiger partial charge in [0, 0.05) is 39.3 Å². The summed E-state index contributed by atoms with van der Waals surface area (Å²) >= 11 is 0. The first-order valence-electron chi connectivity index (χ1n) is 9.07. The van der Waals surface area contributed by atoms with Gasteiger partial charge in [-0.2, -0.15) is 0 Å². The Morgan fingerprint density at radius 2 is 1.81 bits per heavy atom. The van der Waals surface area contributed by atoms with Gasteiger partial charge in [0.15, 0.2) is 0 Å². The molecule has 0 N–H and O–H groups in total. The fourth-order valence-electron chi connectivity index (χ4n) is 3.18. The number of ether oxygens (including phenoxy) is 1. The van der Waals surface area contributed by atoms with Gasteiger partial charge >= 0.3 is 0 Å². The summed E-state index contributed by atoms with van der Waals surface area (Å²) in [5.74, 6) is 0.590. The van der Waals surface area contributed by atoms with Crippen molar-refractivity contribution >= 4 is 27.4 Å². The maximum Gasteiger partial charge on any atom is 0.243 e. The summed E-state index contributed by atoms with van der Waals surface area (Å²) in [4.78, 5) is 23.0. The summed E-state index contributed by atoms with van der Waals surface area (Å²) < 4.78 is 30.9. The zero-order valence-electron chi connectivity index (χ0n) is 15.9. The van der Waals surface area contributed by atoms with E-state index < -0.39 is 10.0 Å². The van der Waals surface area contributed by atoms with E-state index in [-0.39, 0.29) is 12.5 Å². The normalized spacial score (nSPS) is 19.2. The molecule has 0 spiro atoms. The predicted octanol–water partition coefficient (Wildman–Crippen LogP) is -0.542. The maximum atomic E-state index is 12.5. The van der Waals surface area contributed by atoms with Crippen LogP contribution in [0.4, 0.5) is 11.5 Å². The molecule has 27 heavy (non-hydrogen) atoms. The number of likely N-dealkylation sites (N-methyl/N-ethyl adjacent to an activating group) is 1. The van der Waals surface area contributed by atoms with E-state index in [1.54, 1.807) is 11.0 Å². The van der Waals surface area contributed by atoms with Gasteiger partial charge in [-0.1, -0.05) is 0 Å². The molecule has 1 aromatic rings. The van der Waals surface area contributed by atoms with Crippen molar-refractivity contribution in [2.45, 2.75) is 0 Å². The monoisotopic (exact) mass is 397 g/mol. The van der Waals surface area contributed by atoms with Gasteiger partial charge in [-0.15, -0.1) is 0 Å². The molecule has 2 fully saturated rings. The molecule has 0 unspecified atom stereocenters. The number of amides is 1. The van der Waals surface area contributed by atoms with Crippen LogP contribution in [-0.2, 0) is 19.6 Å². The molecule has 2 aliphatic rings. The van der Waals surface area contributed by atoms with Crippen molar-refractivity contribution in [3.05, 3.63) is 18.3 Å². The lowest BCUT2D eigenvalue weighted by molar-refractivity contribution is -0.133. The first-order chi connectivity index (χ1) is 12.8. The second kappa shape index (κ2) is 8.41. The molecule has 10 heteroatoms. The lowest BCUT2D eigenvalue weighted by atomic mass is 10.3. The molecule has 3 rings (SSSR count). The summed E-state index contributed by atoms with van der Waals surface area (Å²) in [6.45, 7) is 5.39. The number of nitrogens with zero attached hydrogens (tertiary/aromatic N) is 5. The smallest absolute Gasteiger partial charge is 0.243 e. The van der Waals surface area contributed by atoms with Crippen LogP contribution in [0.15, 0.2) is 18.3 Å². The van der Waals surface area contributed by atoms with Crippen LogP contribution in [0.2, 0.25) is 0 Å². The van der Waals surface area contributed by atoms with E-state index in [2.05, 4.69) is 21.8 Å². The number of pyridine rings is 1. The van der Waals surface area contributed by atoms with Gasteiger partial charge in [0.1, 0.15) is 12.4 Å². The third-order valence-electron chi connectivity index (χ3n) is 4.89. The first-order valence-corrected chi connectivity index (χ1v) is 10.9. The third kappa shape index (κ3) is 5.08. The Kier molecular flexibility index (Phi) is 6.18. The number of hydrogen-bond donors (Lipinski definition) is 0. The Hall–Kier alpha value is -1.91.